The molecule has 0 unspecified atom stereocenters. The van der Waals surface area contributed by atoms with E-state index in [0.717, 1.165) is 35.5 Å². The highest BCUT2D eigenvalue weighted by Crippen LogP contribution is 2.63. The maximum Gasteiger partial charge on any atom is 0.0543 e. The summed E-state index contributed by atoms with van der Waals surface area (Å²) in [6.45, 7) is 4.90. The molecule has 6 aromatic rings. The van der Waals surface area contributed by atoms with Crippen molar-refractivity contribution in [3.63, 3.8) is 0 Å². The van der Waals surface area contributed by atoms with E-state index in [0.29, 0.717) is 10.8 Å². The van der Waals surface area contributed by atoms with Crippen LogP contribution in [0.2, 0.25) is 0 Å². The fourth-order valence-electron chi connectivity index (χ4n) is 16.0. The summed E-state index contributed by atoms with van der Waals surface area (Å²) in [6, 6.07) is 54.6. The van der Waals surface area contributed by atoms with Crippen LogP contribution >= 0.6 is 0 Å². The number of rotatable bonds is 7. The molecule has 15 rings (SSSR count). The zero-order valence-electron chi connectivity index (χ0n) is 35.7. The molecule has 8 bridgehead atoms. The number of hydrogen-bond acceptors (Lipinski definition) is 1. The molecule has 0 radical (unpaired) electrons. The van der Waals surface area contributed by atoms with E-state index in [2.05, 4.69) is 158 Å². The van der Waals surface area contributed by atoms with E-state index >= 15 is 0 Å². The SMILES string of the molecule is CC1(C)c2cc(N(c3ccc(C45CC6CC(CC(C6)C4)C5)cc3)c3ccc(C45CC6CC(CC(C6)C4)C5)cc3)c(-c3ccccc3)cc2-c2c(-c3ccccc3)cccc21. The van der Waals surface area contributed by atoms with Crippen molar-refractivity contribution >= 4 is 17.1 Å². The van der Waals surface area contributed by atoms with Crippen LogP contribution in [0.25, 0.3) is 33.4 Å². The van der Waals surface area contributed by atoms with E-state index in [-0.39, 0.29) is 5.41 Å². The highest BCUT2D eigenvalue weighted by molar-refractivity contribution is 5.98. The quantitative estimate of drug-likeness (QED) is 0.156. The Morgan fingerprint density at radius 1 is 0.400 bits per heavy atom. The van der Waals surface area contributed by atoms with Crippen molar-refractivity contribution in [2.75, 3.05) is 4.90 Å². The van der Waals surface area contributed by atoms with Gasteiger partial charge in [-0.15, -0.1) is 0 Å². The fourth-order valence-corrected chi connectivity index (χ4v) is 16.0. The normalized spacial score (nSPS) is 31.0. The van der Waals surface area contributed by atoms with Crippen molar-refractivity contribution in [1.29, 1.82) is 0 Å². The number of hydrogen-bond donors (Lipinski definition) is 0. The number of benzene rings is 6. The molecular weight excluding hydrogens is 723 g/mol. The average molecular weight is 782 g/mol. The topological polar surface area (TPSA) is 3.24 Å². The molecule has 300 valence electrons. The van der Waals surface area contributed by atoms with Crippen molar-refractivity contribution in [3.05, 3.63) is 162 Å². The van der Waals surface area contributed by atoms with Gasteiger partial charge in [0.25, 0.3) is 0 Å². The highest BCUT2D eigenvalue weighted by Gasteiger charge is 2.53. The fraction of sp³-hybridized carbons (Fsp3) is 0.390. The van der Waals surface area contributed by atoms with Gasteiger partial charge in [0.2, 0.25) is 0 Å². The van der Waals surface area contributed by atoms with E-state index in [4.69, 9.17) is 0 Å². The Labute approximate surface area is 358 Å². The second-order valence-corrected chi connectivity index (χ2v) is 21.8. The molecule has 9 aliphatic carbocycles. The minimum atomic E-state index is -0.157. The summed E-state index contributed by atoms with van der Waals surface area (Å²) in [4.78, 5) is 2.63. The Morgan fingerprint density at radius 2 is 0.833 bits per heavy atom. The predicted molar refractivity (Wildman–Crippen MR) is 249 cm³/mol. The van der Waals surface area contributed by atoms with Crippen molar-refractivity contribution in [2.45, 2.75) is 107 Å². The summed E-state index contributed by atoms with van der Waals surface area (Å²) in [7, 11) is 0. The summed E-state index contributed by atoms with van der Waals surface area (Å²) >= 11 is 0. The van der Waals surface area contributed by atoms with Crippen molar-refractivity contribution in [1.82, 2.24) is 0 Å². The summed E-state index contributed by atoms with van der Waals surface area (Å²) in [6.07, 6.45) is 17.3. The lowest BCUT2D eigenvalue weighted by atomic mass is 9.48. The van der Waals surface area contributed by atoms with Crippen LogP contribution in [0.5, 0.6) is 0 Å². The standard InChI is InChI=1S/C59H59N/c1-57(2)53-15-9-14-50(44-10-5-3-6-11-44)56(53)52-30-51(45-12-7-4-8-13-45)55(31-54(52)57)60(48-20-16-46(17-21-48)58-32-38-24-39(33-58)26-40(25-38)34-58)49-22-18-47(19-23-49)59-35-41-27-42(36-59)29-43(28-41)37-59/h3-23,30-31,38-43H,24-29,32-37H2,1-2H3. The third kappa shape index (κ3) is 5.42. The van der Waals surface area contributed by atoms with Gasteiger partial charge >= 0.3 is 0 Å². The molecule has 6 aromatic carbocycles. The maximum absolute atomic E-state index is 2.63. The maximum atomic E-state index is 2.63. The first-order valence-corrected chi connectivity index (χ1v) is 23.8. The predicted octanol–water partition coefficient (Wildman–Crippen LogP) is 15.7. The summed E-state index contributed by atoms with van der Waals surface area (Å²) in [5.41, 5.74) is 18.4. The minimum absolute atomic E-state index is 0.157. The van der Waals surface area contributed by atoms with Gasteiger partial charge in [0.15, 0.2) is 0 Å². The lowest BCUT2D eigenvalue weighted by Crippen LogP contribution is -2.48. The minimum Gasteiger partial charge on any atom is -0.310 e. The van der Waals surface area contributed by atoms with E-state index in [1.54, 1.807) is 11.1 Å². The zero-order chi connectivity index (χ0) is 39.8. The number of fused-ring (bicyclic) bond motifs is 3. The first kappa shape index (κ1) is 35.8. The van der Waals surface area contributed by atoms with E-state index in [1.807, 2.05) is 0 Å². The average Bonchev–Trinajstić information content (AvgIpc) is 3.48. The molecule has 9 aliphatic rings. The van der Waals surface area contributed by atoms with Crippen molar-refractivity contribution in [3.8, 4) is 33.4 Å². The summed E-state index contributed by atoms with van der Waals surface area (Å²) in [5, 5.41) is 0. The van der Waals surface area contributed by atoms with Crippen LogP contribution in [-0.4, -0.2) is 0 Å². The van der Waals surface area contributed by atoms with Gasteiger partial charge < -0.3 is 4.90 Å². The molecule has 0 N–H and O–H groups in total. The molecule has 0 aromatic heterocycles. The molecule has 0 atom stereocenters. The molecule has 0 amide bonds. The second-order valence-electron chi connectivity index (χ2n) is 21.8. The first-order valence-electron chi connectivity index (χ1n) is 23.8. The molecule has 1 heteroatoms. The van der Waals surface area contributed by atoms with Gasteiger partial charge in [0.05, 0.1) is 5.69 Å². The third-order valence-corrected chi connectivity index (χ3v) is 17.8. The molecule has 0 aliphatic heterocycles. The van der Waals surface area contributed by atoms with Gasteiger partial charge in [-0.2, -0.15) is 0 Å². The Balaban J connectivity index is 0.987. The zero-order valence-corrected chi connectivity index (χ0v) is 35.7. The van der Waals surface area contributed by atoms with Gasteiger partial charge in [-0.25, -0.2) is 0 Å². The molecule has 0 saturated heterocycles. The van der Waals surface area contributed by atoms with Gasteiger partial charge in [0.1, 0.15) is 0 Å². The molecule has 0 heterocycles. The van der Waals surface area contributed by atoms with Crippen LogP contribution in [0.15, 0.2) is 140 Å². The number of nitrogens with zero attached hydrogens (tertiary/aromatic N) is 1. The lowest BCUT2D eigenvalue weighted by molar-refractivity contribution is -0.00529. The van der Waals surface area contributed by atoms with Crippen molar-refractivity contribution in [2.24, 2.45) is 35.5 Å². The molecule has 8 saturated carbocycles. The lowest BCUT2D eigenvalue weighted by Gasteiger charge is -2.57. The molecular formula is C59H59N. The number of anilines is 3. The molecule has 0 spiro atoms. The third-order valence-electron chi connectivity index (χ3n) is 17.8. The summed E-state index contributed by atoms with van der Waals surface area (Å²) < 4.78 is 0. The Kier molecular flexibility index (Phi) is 7.80. The van der Waals surface area contributed by atoms with Gasteiger partial charge in [-0.05, 0) is 210 Å². The molecule has 1 nitrogen and oxygen atoms in total. The Morgan fingerprint density at radius 3 is 1.28 bits per heavy atom. The van der Waals surface area contributed by atoms with Crippen LogP contribution in [0.3, 0.4) is 0 Å². The smallest absolute Gasteiger partial charge is 0.0543 e. The molecule has 8 fully saturated rings. The van der Waals surface area contributed by atoms with Crippen LogP contribution in [0.4, 0.5) is 17.1 Å². The van der Waals surface area contributed by atoms with Gasteiger partial charge in [-0.1, -0.05) is 117 Å². The van der Waals surface area contributed by atoms with Gasteiger partial charge in [0, 0.05) is 22.4 Å². The first-order chi connectivity index (χ1) is 29.3. The van der Waals surface area contributed by atoms with E-state index in [1.165, 1.54) is 139 Å². The Hall–Kier alpha value is -4.88. The van der Waals surface area contributed by atoms with Crippen LogP contribution in [0, 0.1) is 35.5 Å². The van der Waals surface area contributed by atoms with E-state index in [9.17, 15) is 0 Å². The summed E-state index contributed by atoms with van der Waals surface area (Å²) in [5.74, 6) is 5.64. The van der Waals surface area contributed by atoms with E-state index < -0.39 is 0 Å². The van der Waals surface area contributed by atoms with Crippen molar-refractivity contribution < 1.29 is 0 Å². The Bertz CT molecular complexity index is 2450. The van der Waals surface area contributed by atoms with Crippen LogP contribution in [-0.2, 0) is 16.2 Å². The second kappa shape index (κ2) is 13.1. The monoisotopic (exact) mass is 781 g/mol. The molecule has 60 heavy (non-hydrogen) atoms. The van der Waals surface area contributed by atoms with Crippen LogP contribution in [0.1, 0.15) is 113 Å². The van der Waals surface area contributed by atoms with Gasteiger partial charge in [-0.3, -0.25) is 0 Å². The largest absolute Gasteiger partial charge is 0.310 e. The van der Waals surface area contributed by atoms with Crippen LogP contribution < -0.4 is 4.90 Å². The highest BCUT2D eigenvalue weighted by atomic mass is 15.1.